The van der Waals surface area contributed by atoms with E-state index in [0.29, 0.717) is 5.92 Å². The molecular formula is C11H22N2O4. The SMILES string of the molecule is CC(C)CC(C)NC(=O)NC(CCO)C(=O)O. The summed E-state index contributed by atoms with van der Waals surface area (Å²) in [6, 6.07) is -1.58. The molecule has 0 aliphatic carbocycles. The average Bonchev–Trinajstić information content (AvgIpc) is 2.14. The molecule has 2 unspecified atom stereocenters. The molecule has 0 saturated carbocycles. The predicted octanol–water partition coefficient (Wildman–Crippen LogP) is 0.556. The molecule has 0 spiro atoms. The molecule has 2 atom stereocenters. The largest absolute Gasteiger partial charge is 0.480 e. The second kappa shape index (κ2) is 7.89. The predicted molar refractivity (Wildman–Crippen MR) is 63.7 cm³/mol. The molecule has 0 aromatic heterocycles. The first-order valence-electron chi connectivity index (χ1n) is 5.77. The molecule has 0 heterocycles. The number of carbonyl (C=O) groups is 2. The van der Waals surface area contributed by atoms with Crippen LogP contribution in [-0.4, -0.2) is 40.9 Å². The molecular weight excluding hydrogens is 224 g/mol. The minimum atomic E-state index is -1.15. The lowest BCUT2D eigenvalue weighted by Gasteiger charge is -2.19. The lowest BCUT2D eigenvalue weighted by Crippen LogP contribution is -2.48. The number of carboxylic acid groups (broad SMARTS) is 1. The Morgan fingerprint density at radius 2 is 1.76 bits per heavy atom. The molecule has 100 valence electrons. The summed E-state index contributed by atoms with van der Waals surface area (Å²) < 4.78 is 0. The van der Waals surface area contributed by atoms with Gasteiger partial charge in [-0.05, 0) is 19.3 Å². The van der Waals surface area contributed by atoms with Crippen LogP contribution >= 0.6 is 0 Å². The van der Waals surface area contributed by atoms with Crippen LogP contribution in [0, 0.1) is 5.92 Å². The van der Waals surface area contributed by atoms with Crippen LogP contribution in [0.3, 0.4) is 0 Å². The number of aliphatic hydroxyl groups excluding tert-OH is 1. The van der Waals surface area contributed by atoms with E-state index in [4.69, 9.17) is 10.2 Å². The third-order valence-corrected chi connectivity index (χ3v) is 2.22. The van der Waals surface area contributed by atoms with Crippen LogP contribution in [0.4, 0.5) is 4.79 Å². The van der Waals surface area contributed by atoms with Gasteiger partial charge in [0.05, 0.1) is 0 Å². The monoisotopic (exact) mass is 246 g/mol. The minimum absolute atomic E-state index is 0.00130. The quantitative estimate of drug-likeness (QED) is 0.527. The van der Waals surface area contributed by atoms with E-state index >= 15 is 0 Å². The zero-order valence-corrected chi connectivity index (χ0v) is 10.6. The normalized spacial score (nSPS) is 14.2. The summed E-state index contributed by atoms with van der Waals surface area (Å²) >= 11 is 0. The number of aliphatic hydroxyl groups is 1. The van der Waals surface area contributed by atoms with Gasteiger partial charge >= 0.3 is 12.0 Å². The highest BCUT2D eigenvalue weighted by Gasteiger charge is 2.19. The van der Waals surface area contributed by atoms with Crippen molar-refractivity contribution < 1.29 is 19.8 Å². The summed E-state index contributed by atoms with van der Waals surface area (Å²) in [5, 5.41) is 22.4. The van der Waals surface area contributed by atoms with Crippen LogP contribution in [0.5, 0.6) is 0 Å². The fraction of sp³-hybridized carbons (Fsp3) is 0.818. The molecule has 0 fully saturated rings. The van der Waals surface area contributed by atoms with E-state index in [2.05, 4.69) is 10.6 Å². The number of urea groups is 1. The molecule has 17 heavy (non-hydrogen) atoms. The van der Waals surface area contributed by atoms with E-state index in [-0.39, 0.29) is 19.1 Å². The summed E-state index contributed by atoms with van der Waals surface area (Å²) in [6.45, 7) is 5.67. The van der Waals surface area contributed by atoms with Gasteiger partial charge in [-0.2, -0.15) is 0 Å². The van der Waals surface area contributed by atoms with E-state index in [9.17, 15) is 9.59 Å². The van der Waals surface area contributed by atoms with Crippen LogP contribution in [0.2, 0.25) is 0 Å². The smallest absolute Gasteiger partial charge is 0.326 e. The molecule has 0 aromatic rings. The van der Waals surface area contributed by atoms with Gasteiger partial charge in [0, 0.05) is 19.1 Å². The van der Waals surface area contributed by atoms with E-state index in [1.165, 1.54) is 0 Å². The molecule has 0 rings (SSSR count). The Morgan fingerprint density at radius 3 is 2.18 bits per heavy atom. The first kappa shape index (κ1) is 15.7. The highest BCUT2D eigenvalue weighted by Crippen LogP contribution is 2.03. The summed E-state index contributed by atoms with van der Waals surface area (Å²) in [6.07, 6.45) is 0.826. The average molecular weight is 246 g/mol. The first-order chi connectivity index (χ1) is 7.86. The molecule has 6 heteroatoms. The van der Waals surface area contributed by atoms with Crippen LogP contribution < -0.4 is 10.6 Å². The number of rotatable bonds is 7. The standard InChI is InChI=1S/C11H22N2O4/c1-7(2)6-8(3)12-11(17)13-9(4-5-14)10(15)16/h7-9,14H,4-6H2,1-3H3,(H,15,16)(H2,12,13,17). The number of hydrogen-bond donors (Lipinski definition) is 4. The zero-order valence-electron chi connectivity index (χ0n) is 10.6. The Balaban J connectivity index is 4.09. The molecule has 0 aliphatic rings. The van der Waals surface area contributed by atoms with Crippen molar-refractivity contribution in [2.24, 2.45) is 5.92 Å². The number of amides is 2. The Labute approximate surface area is 101 Å². The highest BCUT2D eigenvalue weighted by atomic mass is 16.4. The third-order valence-electron chi connectivity index (χ3n) is 2.22. The van der Waals surface area contributed by atoms with Crippen molar-refractivity contribution in [3.63, 3.8) is 0 Å². The number of hydrogen-bond acceptors (Lipinski definition) is 3. The minimum Gasteiger partial charge on any atom is -0.480 e. The van der Waals surface area contributed by atoms with Crippen LogP contribution in [0.15, 0.2) is 0 Å². The van der Waals surface area contributed by atoms with Crippen LogP contribution in [0.25, 0.3) is 0 Å². The molecule has 0 bridgehead atoms. The summed E-state index contributed by atoms with van der Waals surface area (Å²) in [5.74, 6) is -0.691. The van der Waals surface area contributed by atoms with Gasteiger partial charge in [-0.1, -0.05) is 13.8 Å². The molecule has 4 N–H and O–H groups in total. The fourth-order valence-electron chi connectivity index (χ4n) is 1.58. The Morgan fingerprint density at radius 1 is 1.18 bits per heavy atom. The van der Waals surface area contributed by atoms with E-state index in [1.807, 2.05) is 20.8 Å². The third kappa shape index (κ3) is 7.57. The maximum atomic E-state index is 11.5. The van der Waals surface area contributed by atoms with Crippen molar-refractivity contribution in [2.45, 2.75) is 45.7 Å². The molecule has 6 nitrogen and oxygen atoms in total. The van der Waals surface area contributed by atoms with Crippen LogP contribution in [-0.2, 0) is 4.79 Å². The summed E-state index contributed by atoms with van der Waals surface area (Å²) in [7, 11) is 0. The Kier molecular flexibility index (Phi) is 7.29. The van der Waals surface area contributed by atoms with Gasteiger partial charge in [0.25, 0.3) is 0 Å². The van der Waals surface area contributed by atoms with Crippen molar-refractivity contribution in [2.75, 3.05) is 6.61 Å². The highest BCUT2D eigenvalue weighted by molar-refractivity contribution is 5.82. The first-order valence-corrected chi connectivity index (χ1v) is 5.77. The molecule has 0 aliphatic heterocycles. The van der Waals surface area contributed by atoms with Gasteiger partial charge in [-0.15, -0.1) is 0 Å². The van der Waals surface area contributed by atoms with Gasteiger partial charge in [-0.3, -0.25) is 0 Å². The Hall–Kier alpha value is -1.30. The zero-order chi connectivity index (χ0) is 13.4. The van der Waals surface area contributed by atoms with Crippen molar-refractivity contribution in [3.8, 4) is 0 Å². The Bertz CT molecular complexity index is 256. The van der Waals surface area contributed by atoms with Gasteiger partial charge < -0.3 is 20.8 Å². The topological polar surface area (TPSA) is 98.7 Å². The number of aliphatic carboxylic acids is 1. The van der Waals surface area contributed by atoms with Crippen molar-refractivity contribution in [1.29, 1.82) is 0 Å². The number of carbonyl (C=O) groups excluding carboxylic acids is 1. The maximum absolute atomic E-state index is 11.5. The van der Waals surface area contributed by atoms with E-state index < -0.39 is 18.0 Å². The number of carboxylic acids is 1. The van der Waals surface area contributed by atoms with Crippen molar-refractivity contribution in [3.05, 3.63) is 0 Å². The summed E-state index contributed by atoms with van der Waals surface area (Å²) in [5.41, 5.74) is 0. The molecule has 0 radical (unpaired) electrons. The molecule has 0 aromatic carbocycles. The second-order valence-corrected chi connectivity index (χ2v) is 4.55. The van der Waals surface area contributed by atoms with Gasteiger partial charge in [-0.25, -0.2) is 9.59 Å². The lowest BCUT2D eigenvalue weighted by molar-refractivity contribution is -0.139. The number of nitrogens with one attached hydrogen (secondary N) is 2. The molecule has 2 amide bonds. The second-order valence-electron chi connectivity index (χ2n) is 4.55. The van der Waals surface area contributed by atoms with E-state index in [0.717, 1.165) is 6.42 Å². The van der Waals surface area contributed by atoms with Crippen LogP contribution in [0.1, 0.15) is 33.6 Å². The van der Waals surface area contributed by atoms with E-state index in [1.54, 1.807) is 0 Å². The van der Waals surface area contributed by atoms with Crippen molar-refractivity contribution in [1.82, 2.24) is 10.6 Å². The summed E-state index contributed by atoms with van der Waals surface area (Å²) in [4.78, 5) is 22.2. The van der Waals surface area contributed by atoms with Gasteiger partial charge in [0.1, 0.15) is 6.04 Å². The van der Waals surface area contributed by atoms with Crippen molar-refractivity contribution >= 4 is 12.0 Å². The maximum Gasteiger partial charge on any atom is 0.326 e. The lowest BCUT2D eigenvalue weighted by atomic mass is 10.1. The van der Waals surface area contributed by atoms with Gasteiger partial charge in [0.15, 0.2) is 0 Å². The van der Waals surface area contributed by atoms with Gasteiger partial charge in [0.2, 0.25) is 0 Å². The molecule has 0 saturated heterocycles. The fourth-order valence-corrected chi connectivity index (χ4v) is 1.58.